The summed E-state index contributed by atoms with van der Waals surface area (Å²) in [4.78, 5) is 0. The second-order valence-corrected chi connectivity index (χ2v) is 3.42. The van der Waals surface area contributed by atoms with E-state index in [2.05, 4.69) is 5.32 Å². The Bertz CT molecular complexity index is 338. The SMILES string of the molecule is CCNc1cc2c(cc1F)CCCO2. The Morgan fingerprint density at radius 1 is 1.50 bits per heavy atom. The minimum Gasteiger partial charge on any atom is -0.493 e. The lowest BCUT2D eigenvalue weighted by atomic mass is 10.1. The summed E-state index contributed by atoms with van der Waals surface area (Å²) in [6.45, 7) is 3.40. The van der Waals surface area contributed by atoms with Gasteiger partial charge in [-0.1, -0.05) is 0 Å². The average Bonchev–Trinajstić information content (AvgIpc) is 2.19. The van der Waals surface area contributed by atoms with Gasteiger partial charge in [0.25, 0.3) is 0 Å². The van der Waals surface area contributed by atoms with Crippen molar-refractivity contribution >= 4 is 5.69 Å². The summed E-state index contributed by atoms with van der Waals surface area (Å²) < 4.78 is 18.9. The molecule has 0 aromatic heterocycles. The van der Waals surface area contributed by atoms with Crippen LogP contribution >= 0.6 is 0 Å². The summed E-state index contributed by atoms with van der Waals surface area (Å²) in [6, 6.07) is 3.33. The third-order valence-corrected chi connectivity index (χ3v) is 2.37. The van der Waals surface area contributed by atoms with E-state index in [1.54, 1.807) is 12.1 Å². The highest BCUT2D eigenvalue weighted by Gasteiger charge is 2.13. The van der Waals surface area contributed by atoms with Crippen molar-refractivity contribution in [3.8, 4) is 5.75 Å². The summed E-state index contributed by atoms with van der Waals surface area (Å²) >= 11 is 0. The second kappa shape index (κ2) is 3.86. The van der Waals surface area contributed by atoms with Crippen LogP contribution in [0.4, 0.5) is 10.1 Å². The molecule has 14 heavy (non-hydrogen) atoms. The molecule has 1 aliphatic rings. The minimum atomic E-state index is -0.184. The lowest BCUT2D eigenvalue weighted by Crippen LogP contribution is -2.10. The van der Waals surface area contributed by atoms with Crippen molar-refractivity contribution in [2.24, 2.45) is 0 Å². The van der Waals surface area contributed by atoms with Crippen LogP contribution in [-0.4, -0.2) is 13.2 Å². The fraction of sp³-hybridized carbons (Fsp3) is 0.455. The molecule has 0 bridgehead atoms. The molecule has 1 N–H and O–H groups in total. The van der Waals surface area contributed by atoms with Gasteiger partial charge in [-0.05, 0) is 31.4 Å². The molecule has 1 heterocycles. The Labute approximate surface area is 83.1 Å². The summed E-state index contributed by atoms with van der Waals surface area (Å²) in [6.07, 6.45) is 1.89. The molecule has 0 saturated heterocycles. The van der Waals surface area contributed by atoms with Gasteiger partial charge < -0.3 is 10.1 Å². The number of halogens is 1. The molecule has 3 heteroatoms. The van der Waals surface area contributed by atoms with E-state index < -0.39 is 0 Å². The molecule has 2 rings (SSSR count). The van der Waals surface area contributed by atoms with Crippen molar-refractivity contribution in [2.45, 2.75) is 19.8 Å². The predicted octanol–water partition coefficient (Wildman–Crippen LogP) is 2.58. The number of anilines is 1. The minimum absolute atomic E-state index is 0.184. The van der Waals surface area contributed by atoms with E-state index in [0.717, 1.165) is 37.3 Å². The molecule has 0 fully saturated rings. The number of rotatable bonds is 2. The fourth-order valence-electron chi connectivity index (χ4n) is 1.69. The first-order valence-electron chi connectivity index (χ1n) is 5.00. The second-order valence-electron chi connectivity index (χ2n) is 3.42. The topological polar surface area (TPSA) is 21.3 Å². The quantitative estimate of drug-likeness (QED) is 0.783. The molecule has 1 aliphatic heterocycles. The Hall–Kier alpha value is -1.25. The van der Waals surface area contributed by atoms with Crippen LogP contribution in [0.15, 0.2) is 12.1 Å². The first-order chi connectivity index (χ1) is 6.81. The first-order valence-corrected chi connectivity index (χ1v) is 5.00. The van der Waals surface area contributed by atoms with E-state index in [0.29, 0.717) is 5.69 Å². The number of aryl methyl sites for hydroxylation is 1. The van der Waals surface area contributed by atoms with Crippen molar-refractivity contribution in [2.75, 3.05) is 18.5 Å². The van der Waals surface area contributed by atoms with Crippen molar-refractivity contribution in [3.63, 3.8) is 0 Å². The Balaban J connectivity index is 2.35. The van der Waals surface area contributed by atoms with E-state index in [1.807, 2.05) is 6.92 Å². The van der Waals surface area contributed by atoms with E-state index in [-0.39, 0.29) is 5.82 Å². The van der Waals surface area contributed by atoms with Crippen LogP contribution in [0.25, 0.3) is 0 Å². The first kappa shape index (κ1) is 9.31. The summed E-state index contributed by atoms with van der Waals surface area (Å²) in [7, 11) is 0. The maximum atomic E-state index is 13.4. The molecule has 0 atom stereocenters. The largest absolute Gasteiger partial charge is 0.493 e. The van der Waals surface area contributed by atoms with Gasteiger partial charge in [-0.25, -0.2) is 4.39 Å². The van der Waals surface area contributed by atoms with E-state index in [9.17, 15) is 4.39 Å². The van der Waals surface area contributed by atoms with Gasteiger partial charge in [0.1, 0.15) is 11.6 Å². The molecular weight excluding hydrogens is 181 g/mol. The zero-order valence-electron chi connectivity index (χ0n) is 8.27. The smallest absolute Gasteiger partial charge is 0.146 e. The Kier molecular flexibility index (Phi) is 2.57. The highest BCUT2D eigenvalue weighted by atomic mass is 19.1. The number of fused-ring (bicyclic) bond motifs is 1. The number of nitrogens with one attached hydrogen (secondary N) is 1. The zero-order valence-corrected chi connectivity index (χ0v) is 8.27. The van der Waals surface area contributed by atoms with Gasteiger partial charge in [0.15, 0.2) is 0 Å². The lowest BCUT2D eigenvalue weighted by molar-refractivity contribution is 0.288. The molecule has 2 nitrogen and oxygen atoms in total. The molecule has 1 aromatic carbocycles. The fourth-order valence-corrected chi connectivity index (χ4v) is 1.69. The maximum absolute atomic E-state index is 13.4. The van der Waals surface area contributed by atoms with Crippen LogP contribution in [-0.2, 0) is 6.42 Å². The predicted molar refractivity (Wildman–Crippen MR) is 54.4 cm³/mol. The third kappa shape index (κ3) is 1.67. The van der Waals surface area contributed by atoms with Gasteiger partial charge in [-0.3, -0.25) is 0 Å². The van der Waals surface area contributed by atoms with Crippen molar-refractivity contribution < 1.29 is 9.13 Å². The summed E-state index contributed by atoms with van der Waals surface area (Å²) in [5, 5.41) is 2.97. The number of ether oxygens (including phenoxy) is 1. The van der Waals surface area contributed by atoms with Crippen LogP contribution in [0, 0.1) is 5.82 Å². The molecule has 0 spiro atoms. The molecule has 0 unspecified atom stereocenters. The van der Waals surface area contributed by atoms with Gasteiger partial charge in [0, 0.05) is 12.6 Å². The van der Waals surface area contributed by atoms with Gasteiger partial charge in [-0.2, -0.15) is 0 Å². The van der Waals surface area contributed by atoms with Crippen molar-refractivity contribution in [1.82, 2.24) is 0 Å². The van der Waals surface area contributed by atoms with Gasteiger partial charge in [0.2, 0.25) is 0 Å². The number of hydrogen-bond acceptors (Lipinski definition) is 2. The molecule has 0 aliphatic carbocycles. The summed E-state index contributed by atoms with van der Waals surface area (Å²) in [5.41, 5.74) is 1.52. The molecule has 0 saturated carbocycles. The van der Waals surface area contributed by atoms with Crippen LogP contribution < -0.4 is 10.1 Å². The average molecular weight is 195 g/mol. The highest BCUT2D eigenvalue weighted by molar-refractivity contribution is 5.53. The summed E-state index contributed by atoms with van der Waals surface area (Å²) in [5.74, 6) is 0.643. The van der Waals surface area contributed by atoms with E-state index in [1.165, 1.54) is 0 Å². The normalized spacial score (nSPS) is 14.4. The van der Waals surface area contributed by atoms with Gasteiger partial charge in [0.05, 0.1) is 12.3 Å². The monoisotopic (exact) mass is 195 g/mol. The van der Waals surface area contributed by atoms with Crippen LogP contribution in [0.1, 0.15) is 18.9 Å². The maximum Gasteiger partial charge on any atom is 0.146 e. The highest BCUT2D eigenvalue weighted by Crippen LogP contribution is 2.30. The van der Waals surface area contributed by atoms with Gasteiger partial charge in [-0.15, -0.1) is 0 Å². The standard InChI is InChI=1S/C11H14FNO/c1-2-13-10-7-11-8(6-9(10)12)4-3-5-14-11/h6-7,13H,2-5H2,1H3. The molecule has 0 radical (unpaired) electrons. The van der Waals surface area contributed by atoms with Crippen molar-refractivity contribution in [1.29, 1.82) is 0 Å². The van der Waals surface area contributed by atoms with Crippen molar-refractivity contribution in [3.05, 3.63) is 23.5 Å². The van der Waals surface area contributed by atoms with Crippen LogP contribution in [0.5, 0.6) is 5.75 Å². The Morgan fingerprint density at radius 3 is 3.14 bits per heavy atom. The van der Waals surface area contributed by atoms with Gasteiger partial charge >= 0.3 is 0 Å². The molecular formula is C11H14FNO. The van der Waals surface area contributed by atoms with Crippen LogP contribution in [0.2, 0.25) is 0 Å². The number of benzene rings is 1. The molecule has 1 aromatic rings. The van der Waals surface area contributed by atoms with E-state index >= 15 is 0 Å². The van der Waals surface area contributed by atoms with E-state index in [4.69, 9.17) is 4.74 Å². The zero-order chi connectivity index (χ0) is 9.97. The Morgan fingerprint density at radius 2 is 2.36 bits per heavy atom. The number of hydrogen-bond donors (Lipinski definition) is 1. The molecule has 76 valence electrons. The molecule has 0 amide bonds. The third-order valence-electron chi connectivity index (χ3n) is 2.37. The van der Waals surface area contributed by atoms with Crippen LogP contribution in [0.3, 0.4) is 0 Å². The lowest BCUT2D eigenvalue weighted by Gasteiger charge is -2.18.